The first-order chi connectivity index (χ1) is 18.7. The van der Waals surface area contributed by atoms with Crippen LogP contribution < -0.4 is 10.2 Å². The second-order valence-electron chi connectivity index (χ2n) is 8.99. The number of benzene rings is 1. The van der Waals surface area contributed by atoms with E-state index in [1.807, 2.05) is 30.3 Å². The topological polar surface area (TPSA) is 125 Å². The molecule has 0 spiro atoms. The first-order valence-corrected chi connectivity index (χ1v) is 12.4. The Morgan fingerprint density at radius 1 is 1.11 bits per heavy atom. The van der Waals surface area contributed by atoms with Crippen LogP contribution in [-0.2, 0) is 20.9 Å². The molecule has 2 aliphatic rings. The zero-order chi connectivity index (χ0) is 25.9. The molecule has 1 N–H and O–H groups in total. The summed E-state index contributed by atoms with van der Waals surface area (Å²) in [7, 11) is 1.60. The third-order valence-electron chi connectivity index (χ3n) is 6.43. The number of rotatable bonds is 7. The number of carbonyl (C=O) groups is 1. The fourth-order valence-electron chi connectivity index (χ4n) is 4.52. The smallest absolute Gasteiger partial charge is 0.255 e. The van der Waals surface area contributed by atoms with Gasteiger partial charge in [-0.05, 0) is 30.7 Å². The van der Waals surface area contributed by atoms with Gasteiger partial charge < -0.3 is 23.9 Å². The van der Waals surface area contributed by atoms with Crippen LogP contribution in [0.15, 0.2) is 54.4 Å². The Labute approximate surface area is 218 Å². The number of pyridine rings is 1. The molecule has 0 bridgehead atoms. The predicted octanol–water partition coefficient (Wildman–Crippen LogP) is 2.22. The van der Waals surface area contributed by atoms with Gasteiger partial charge in [0.05, 0.1) is 17.9 Å². The Morgan fingerprint density at radius 3 is 2.84 bits per heavy atom. The normalized spacial score (nSPS) is 17.9. The molecular weight excluding hydrogens is 490 g/mol. The maximum atomic E-state index is 12.8. The molecule has 4 aromatic rings. The standard InChI is InChI=1S/C26H27N7O5/c1-35-16-19-13-22(31-38-19)24-29-28-23-20-5-2-3-6-21(20)25(30-33(23)24)37-15-18-8-7-17(14-27-18)26(34)32-9-4-11-36-12-10-32/h2-3,5-8,13-14,22,31H,4,9-12,15-16H2,1H3. The monoisotopic (exact) mass is 517 g/mol. The summed E-state index contributed by atoms with van der Waals surface area (Å²) < 4.78 is 18.4. The lowest BCUT2D eigenvalue weighted by Gasteiger charge is -2.19. The molecule has 0 saturated carbocycles. The summed E-state index contributed by atoms with van der Waals surface area (Å²) in [5.41, 5.74) is 4.76. The minimum atomic E-state index is -0.348. The molecule has 1 fully saturated rings. The molecular formula is C26H27N7O5. The molecule has 0 aliphatic carbocycles. The van der Waals surface area contributed by atoms with E-state index in [9.17, 15) is 4.79 Å². The van der Waals surface area contributed by atoms with E-state index in [0.717, 1.165) is 17.2 Å². The molecule has 196 valence electrons. The molecule has 1 saturated heterocycles. The molecule has 1 atom stereocenters. The van der Waals surface area contributed by atoms with E-state index in [1.165, 1.54) is 0 Å². The van der Waals surface area contributed by atoms with Crippen molar-refractivity contribution in [2.75, 3.05) is 40.0 Å². The van der Waals surface area contributed by atoms with Gasteiger partial charge in [0.1, 0.15) is 25.0 Å². The van der Waals surface area contributed by atoms with Gasteiger partial charge in [-0.1, -0.05) is 18.2 Å². The Bertz CT molecular complexity index is 1480. The van der Waals surface area contributed by atoms with Gasteiger partial charge in [-0.15, -0.1) is 20.8 Å². The van der Waals surface area contributed by atoms with Gasteiger partial charge in [0.2, 0.25) is 5.88 Å². The number of fused-ring (bicyclic) bond motifs is 3. The first-order valence-electron chi connectivity index (χ1n) is 12.4. The van der Waals surface area contributed by atoms with Crippen LogP contribution >= 0.6 is 0 Å². The van der Waals surface area contributed by atoms with Crippen molar-refractivity contribution in [3.05, 3.63) is 71.5 Å². The highest BCUT2D eigenvalue weighted by atomic mass is 16.7. The highest BCUT2D eigenvalue weighted by Gasteiger charge is 2.26. The minimum absolute atomic E-state index is 0.0408. The number of amides is 1. The number of ether oxygens (including phenoxy) is 3. The summed E-state index contributed by atoms with van der Waals surface area (Å²) in [6, 6.07) is 11.0. The molecule has 12 nitrogen and oxygen atoms in total. The minimum Gasteiger partial charge on any atom is -0.470 e. The van der Waals surface area contributed by atoms with Gasteiger partial charge in [0, 0.05) is 43.8 Å². The zero-order valence-electron chi connectivity index (χ0n) is 20.9. The fourth-order valence-corrected chi connectivity index (χ4v) is 4.52. The highest BCUT2D eigenvalue weighted by molar-refractivity contribution is 5.96. The third-order valence-corrected chi connectivity index (χ3v) is 6.43. The number of hydroxylamine groups is 1. The third kappa shape index (κ3) is 4.76. The average Bonchev–Trinajstić information content (AvgIpc) is 3.50. The summed E-state index contributed by atoms with van der Waals surface area (Å²) >= 11 is 0. The van der Waals surface area contributed by atoms with Crippen LogP contribution in [0, 0.1) is 0 Å². The van der Waals surface area contributed by atoms with Crippen LogP contribution in [0.2, 0.25) is 0 Å². The van der Waals surface area contributed by atoms with E-state index in [2.05, 4.69) is 20.7 Å². The molecule has 38 heavy (non-hydrogen) atoms. The van der Waals surface area contributed by atoms with Gasteiger partial charge in [0.15, 0.2) is 11.5 Å². The number of carbonyl (C=O) groups excluding carboxylic acids is 1. The predicted molar refractivity (Wildman–Crippen MR) is 135 cm³/mol. The van der Waals surface area contributed by atoms with Crippen molar-refractivity contribution in [2.45, 2.75) is 19.1 Å². The lowest BCUT2D eigenvalue weighted by Crippen LogP contribution is -2.33. The zero-order valence-corrected chi connectivity index (χ0v) is 20.9. The Hall–Kier alpha value is -4.13. The van der Waals surface area contributed by atoms with Crippen LogP contribution in [0.1, 0.15) is 34.3 Å². The number of hydrogen-bond donors (Lipinski definition) is 1. The van der Waals surface area contributed by atoms with E-state index >= 15 is 0 Å². The van der Waals surface area contributed by atoms with Crippen LogP contribution in [0.25, 0.3) is 16.4 Å². The summed E-state index contributed by atoms with van der Waals surface area (Å²) in [5.74, 6) is 1.59. The average molecular weight is 518 g/mol. The van der Waals surface area contributed by atoms with E-state index in [1.54, 1.807) is 34.9 Å². The Kier molecular flexibility index (Phi) is 6.82. The Balaban J connectivity index is 1.24. The maximum absolute atomic E-state index is 12.8. The summed E-state index contributed by atoms with van der Waals surface area (Å²) in [6.07, 6.45) is 4.30. The number of methoxy groups -OCH3 is 1. The van der Waals surface area contributed by atoms with E-state index in [0.29, 0.717) is 67.3 Å². The quantitative estimate of drug-likeness (QED) is 0.390. The Morgan fingerprint density at radius 2 is 2.00 bits per heavy atom. The van der Waals surface area contributed by atoms with Gasteiger partial charge in [-0.2, -0.15) is 4.52 Å². The lowest BCUT2D eigenvalue weighted by atomic mass is 10.2. The van der Waals surface area contributed by atoms with E-state index in [4.69, 9.17) is 24.1 Å². The van der Waals surface area contributed by atoms with Crippen molar-refractivity contribution in [2.24, 2.45) is 0 Å². The van der Waals surface area contributed by atoms with Crippen molar-refractivity contribution >= 4 is 22.3 Å². The van der Waals surface area contributed by atoms with Crippen molar-refractivity contribution in [3.63, 3.8) is 0 Å². The summed E-state index contributed by atoms with van der Waals surface area (Å²) in [4.78, 5) is 24.6. The first kappa shape index (κ1) is 24.2. The number of hydrogen-bond acceptors (Lipinski definition) is 10. The van der Waals surface area contributed by atoms with E-state index in [-0.39, 0.29) is 18.6 Å². The van der Waals surface area contributed by atoms with Crippen molar-refractivity contribution in [3.8, 4) is 5.88 Å². The fraction of sp³-hybridized carbons (Fsp3) is 0.346. The van der Waals surface area contributed by atoms with Crippen LogP contribution in [-0.4, -0.2) is 75.6 Å². The van der Waals surface area contributed by atoms with Gasteiger partial charge in [-0.25, -0.2) is 0 Å². The van der Waals surface area contributed by atoms with Gasteiger partial charge >= 0.3 is 0 Å². The second kappa shape index (κ2) is 10.7. The number of nitrogens with one attached hydrogen (secondary N) is 1. The molecule has 12 heteroatoms. The van der Waals surface area contributed by atoms with Crippen molar-refractivity contribution in [1.82, 2.24) is 35.2 Å². The van der Waals surface area contributed by atoms with Crippen LogP contribution in [0.3, 0.4) is 0 Å². The molecule has 3 aromatic heterocycles. The maximum Gasteiger partial charge on any atom is 0.255 e. The lowest BCUT2D eigenvalue weighted by molar-refractivity contribution is 0.0740. The van der Waals surface area contributed by atoms with E-state index < -0.39 is 0 Å². The molecule has 1 aromatic carbocycles. The van der Waals surface area contributed by atoms with Crippen LogP contribution in [0.5, 0.6) is 5.88 Å². The number of aromatic nitrogens is 5. The number of nitrogens with zero attached hydrogens (tertiary/aromatic N) is 6. The molecule has 1 unspecified atom stereocenters. The van der Waals surface area contributed by atoms with Crippen LogP contribution in [0.4, 0.5) is 0 Å². The largest absolute Gasteiger partial charge is 0.470 e. The molecule has 2 aliphatic heterocycles. The van der Waals surface area contributed by atoms with Crippen molar-refractivity contribution < 1.29 is 23.8 Å². The molecule has 1 amide bonds. The van der Waals surface area contributed by atoms with Gasteiger partial charge in [0.25, 0.3) is 5.91 Å². The molecule has 6 rings (SSSR count). The summed E-state index contributed by atoms with van der Waals surface area (Å²) in [5, 5.41) is 15.1. The van der Waals surface area contributed by atoms with Gasteiger partial charge in [-0.3, -0.25) is 9.78 Å². The highest BCUT2D eigenvalue weighted by Crippen LogP contribution is 2.29. The molecule has 0 radical (unpaired) electrons. The molecule has 5 heterocycles. The summed E-state index contributed by atoms with van der Waals surface area (Å²) in [6.45, 7) is 3.02. The van der Waals surface area contributed by atoms with Crippen molar-refractivity contribution in [1.29, 1.82) is 0 Å². The second-order valence-corrected chi connectivity index (χ2v) is 8.99. The SMILES string of the molecule is COCC1=CC(c2nnc3c4ccccc4c(OCc4ccc(C(=O)N5CCCOCC5)cn4)nn23)NO1.